The van der Waals surface area contributed by atoms with E-state index in [0.717, 1.165) is 0 Å². The Morgan fingerprint density at radius 3 is 1.81 bits per heavy atom. The second kappa shape index (κ2) is 4.74. The molecule has 10 heteroatoms. The Morgan fingerprint density at radius 1 is 0.808 bits per heavy atom. The van der Waals surface area contributed by atoms with Gasteiger partial charge in [0.15, 0.2) is 0 Å². The van der Waals surface area contributed by atoms with Gasteiger partial charge in [-0.3, -0.25) is 0 Å². The second-order valence-electron chi connectivity index (χ2n) is 8.11. The highest BCUT2D eigenvalue weighted by Crippen LogP contribution is 2.72. The summed E-state index contributed by atoms with van der Waals surface area (Å²) in [5, 5.41) is 19.8. The van der Waals surface area contributed by atoms with Crippen LogP contribution in [0.4, 0.5) is 35.1 Å². The van der Waals surface area contributed by atoms with Gasteiger partial charge in [0.1, 0.15) is 5.60 Å². The first-order valence-electron chi connectivity index (χ1n) is 8.31. The predicted octanol–water partition coefficient (Wildman–Crippen LogP) is 3.69. The maximum Gasteiger partial charge on any atom is 0.432 e. The van der Waals surface area contributed by atoms with Gasteiger partial charge in [0, 0.05) is 0 Å². The van der Waals surface area contributed by atoms with Crippen LogP contribution in [0.3, 0.4) is 0 Å². The number of fused-ring (bicyclic) bond motifs is 9. The summed E-state index contributed by atoms with van der Waals surface area (Å²) in [6, 6.07) is 0. The minimum atomic E-state index is -6.69. The molecule has 0 aromatic heterocycles. The molecule has 4 rings (SSSR count). The van der Waals surface area contributed by atoms with Gasteiger partial charge in [-0.2, -0.15) is 35.1 Å². The summed E-state index contributed by atoms with van der Waals surface area (Å²) in [6.07, 6.45) is -10.1. The van der Waals surface area contributed by atoms with Gasteiger partial charge < -0.3 is 10.2 Å². The van der Waals surface area contributed by atoms with Crippen LogP contribution in [0.5, 0.6) is 0 Å². The largest absolute Gasteiger partial charge is 0.432 e. The number of hydrogen-bond donors (Lipinski definition) is 2. The van der Waals surface area contributed by atoms with E-state index in [0.29, 0.717) is 6.42 Å². The Bertz CT molecular complexity index is 640. The Morgan fingerprint density at radius 2 is 1.31 bits per heavy atom. The quantitative estimate of drug-likeness (QED) is 0.428. The highest BCUT2D eigenvalue weighted by Gasteiger charge is 2.89. The van der Waals surface area contributed by atoms with Crippen LogP contribution in [0.1, 0.15) is 19.3 Å². The number of hydrogen-bond acceptors (Lipinski definition) is 2. The Labute approximate surface area is 142 Å². The topological polar surface area (TPSA) is 40.5 Å². The normalized spacial score (nSPS) is 44.8. The molecule has 0 radical (unpaired) electrons. The predicted molar refractivity (Wildman–Crippen MR) is 70.9 cm³/mol. The third kappa shape index (κ3) is 1.80. The molecule has 3 saturated carbocycles. The highest BCUT2D eigenvalue weighted by molar-refractivity contribution is 5.27. The summed E-state index contributed by atoms with van der Waals surface area (Å²) >= 11 is 0. The van der Waals surface area contributed by atoms with E-state index in [9.17, 15) is 45.3 Å². The van der Waals surface area contributed by atoms with E-state index in [4.69, 9.17) is 0 Å². The van der Waals surface area contributed by atoms with Crippen LogP contribution in [-0.4, -0.2) is 39.7 Å². The van der Waals surface area contributed by atoms with Crippen molar-refractivity contribution < 1.29 is 45.3 Å². The average Bonchev–Trinajstić information content (AvgIpc) is 3.20. The fraction of sp³-hybridized carbons (Fsp3) is 0.875. The fourth-order valence-electron chi connectivity index (χ4n) is 6.24. The molecule has 2 nitrogen and oxygen atoms in total. The SMILES string of the molecule is OC1(C(F)(F)C(O)(C(F)(F)F)C(F)(F)F)CC2CC1C1C3C=CC(C3)C21. The minimum Gasteiger partial charge on any atom is -0.383 e. The molecular formula is C16H16F8O2. The molecular weight excluding hydrogens is 376 g/mol. The zero-order chi connectivity index (χ0) is 19.5. The van der Waals surface area contributed by atoms with Gasteiger partial charge in [-0.05, 0) is 54.8 Å². The van der Waals surface area contributed by atoms with Crippen molar-refractivity contribution in [3.05, 3.63) is 12.2 Å². The first-order valence-corrected chi connectivity index (χ1v) is 8.31. The number of aliphatic hydroxyl groups is 2. The maximum atomic E-state index is 14.8. The van der Waals surface area contributed by atoms with Crippen LogP contribution in [0, 0.1) is 35.5 Å². The summed E-state index contributed by atoms with van der Waals surface area (Å²) in [6.45, 7) is 0. The molecule has 7 unspecified atom stereocenters. The molecule has 148 valence electrons. The lowest BCUT2D eigenvalue weighted by Crippen LogP contribution is -2.76. The van der Waals surface area contributed by atoms with Crippen molar-refractivity contribution in [3.8, 4) is 0 Å². The van der Waals surface area contributed by atoms with Crippen LogP contribution < -0.4 is 0 Å². The zero-order valence-corrected chi connectivity index (χ0v) is 13.2. The standard InChI is InChI=1S/C16H16F8O2/c17-14(18,13(26,15(19,20)21)16(22,23)24)12(25)5-8-4-9(12)11-7-2-1-6(3-7)10(8)11/h1-2,6-11,25-26H,3-5H2. The molecule has 4 aliphatic rings. The van der Waals surface area contributed by atoms with Crippen molar-refractivity contribution in [1.82, 2.24) is 0 Å². The lowest BCUT2D eigenvalue weighted by Gasteiger charge is -2.50. The number of allylic oxidation sites excluding steroid dienone is 2. The molecule has 0 saturated heterocycles. The van der Waals surface area contributed by atoms with Crippen LogP contribution >= 0.6 is 0 Å². The van der Waals surface area contributed by atoms with E-state index >= 15 is 0 Å². The molecule has 0 spiro atoms. The molecule has 0 aliphatic heterocycles. The first-order chi connectivity index (χ1) is 11.7. The summed E-state index contributed by atoms with van der Waals surface area (Å²) in [5.74, 6) is -8.65. The van der Waals surface area contributed by atoms with Gasteiger partial charge in [-0.25, -0.2) is 0 Å². The molecule has 0 aromatic carbocycles. The summed E-state index contributed by atoms with van der Waals surface area (Å²) in [7, 11) is 0. The molecule has 0 heterocycles. The highest BCUT2D eigenvalue weighted by atomic mass is 19.4. The third-order valence-electron chi connectivity index (χ3n) is 7.15. The molecule has 4 aliphatic carbocycles. The molecule has 4 bridgehead atoms. The monoisotopic (exact) mass is 392 g/mol. The van der Waals surface area contributed by atoms with Gasteiger partial charge in [-0.15, -0.1) is 0 Å². The van der Waals surface area contributed by atoms with Gasteiger partial charge in [0.05, 0.1) is 0 Å². The van der Waals surface area contributed by atoms with E-state index in [2.05, 4.69) is 0 Å². The van der Waals surface area contributed by atoms with Gasteiger partial charge in [-0.1, -0.05) is 12.2 Å². The van der Waals surface area contributed by atoms with Crippen molar-refractivity contribution in [2.24, 2.45) is 35.5 Å². The second-order valence-corrected chi connectivity index (χ2v) is 8.11. The van der Waals surface area contributed by atoms with Crippen molar-refractivity contribution in [1.29, 1.82) is 0 Å². The zero-order valence-electron chi connectivity index (χ0n) is 13.2. The van der Waals surface area contributed by atoms with Crippen LogP contribution in [0.25, 0.3) is 0 Å². The number of rotatable bonds is 2. The Kier molecular flexibility index (Phi) is 3.36. The fourth-order valence-corrected chi connectivity index (χ4v) is 6.24. The number of halogens is 8. The van der Waals surface area contributed by atoms with Gasteiger partial charge in [0.25, 0.3) is 0 Å². The molecule has 7 atom stereocenters. The molecule has 0 aromatic rings. The Balaban J connectivity index is 1.78. The van der Waals surface area contributed by atoms with Crippen molar-refractivity contribution >= 4 is 0 Å². The average molecular weight is 392 g/mol. The molecule has 0 amide bonds. The number of alkyl halides is 8. The Hall–Kier alpha value is -0.900. The minimum absolute atomic E-state index is 0.0537. The van der Waals surface area contributed by atoms with Crippen LogP contribution in [0.2, 0.25) is 0 Å². The lowest BCUT2D eigenvalue weighted by molar-refractivity contribution is -0.448. The van der Waals surface area contributed by atoms with Gasteiger partial charge >= 0.3 is 23.9 Å². The van der Waals surface area contributed by atoms with Crippen molar-refractivity contribution in [3.63, 3.8) is 0 Å². The van der Waals surface area contributed by atoms with E-state index in [-0.39, 0.29) is 24.2 Å². The summed E-state index contributed by atoms with van der Waals surface area (Å²) in [4.78, 5) is 0. The summed E-state index contributed by atoms with van der Waals surface area (Å²) in [5.41, 5.74) is -9.87. The summed E-state index contributed by atoms with van der Waals surface area (Å²) < 4.78 is 108. The van der Waals surface area contributed by atoms with Gasteiger partial charge in [0.2, 0.25) is 0 Å². The van der Waals surface area contributed by atoms with E-state index in [1.807, 2.05) is 6.08 Å². The molecule has 2 N–H and O–H groups in total. The first kappa shape index (κ1) is 18.5. The lowest BCUT2D eigenvalue weighted by atomic mass is 9.63. The third-order valence-corrected chi connectivity index (χ3v) is 7.15. The smallest absolute Gasteiger partial charge is 0.383 e. The van der Waals surface area contributed by atoms with E-state index in [1.165, 1.54) is 0 Å². The van der Waals surface area contributed by atoms with Crippen LogP contribution in [-0.2, 0) is 0 Å². The molecule has 26 heavy (non-hydrogen) atoms. The van der Waals surface area contributed by atoms with E-state index in [1.54, 1.807) is 6.08 Å². The van der Waals surface area contributed by atoms with Crippen LogP contribution in [0.15, 0.2) is 12.2 Å². The van der Waals surface area contributed by atoms with E-state index < -0.39 is 53.7 Å². The van der Waals surface area contributed by atoms with Crippen molar-refractivity contribution in [2.45, 2.75) is 48.7 Å². The maximum absolute atomic E-state index is 14.8. The van der Waals surface area contributed by atoms with Crippen molar-refractivity contribution in [2.75, 3.05) is 0 Å². The molecule has 3 fully saturated rings.